The molecular formula is C34H26N2. The minimum atomic E-state index is 0.825. The van der Waals surface area contributed by atoms with Crippen LogP contribution in [0.5, 0.6) is 0 Å². The first kappa shape index (κ1) is 22.9. The Morgan fingerprint density at radius 2 is 0.917 bits per heavy atom. The molecule has 0 aliphatic heterocycles. The summed E-state index contributed by atoms with van der Waals surface area (Å²) in [5, 5.41) is 9.55. The third-order valence-corrected chi connectivity index (χ3v) is 5.86. The second-order valence-corrected chi connectivity index (χ2v) is 8.36. The van der Waals surface area contributed by atoms with Gasteiger partial charge in [-0.05, 0) is 22.8 Å². The van der Waals surface area contributed by atoms with Crippen LogP contribution in [0.3, 0.4) is 0 Å². The molecule has 0 N–H and O–H groups in total. The second-order valence-electron chi connectivity index (χ2n) is 8.36. The average molecular weight is 463 g/mol. The molecule has 0 heterocycles. The maximum absolute atomic E-state index is 4.82. The molecule has 2 heteroatoms. The molecule has 0 aliphatic rings. The highest BCUT2D eigenvalue weighted by molar-refractivity contribution is 5.85. The molecule has 5 aromatic rings. The molecular weight excluding hydrogens is 436 g/mol. The van der Waals surface area contributed by atoms with Crippen LogP contribution in [0.2, 0.25) is 0 Å². The van der Waals surface area contributed by atoms with Crippen molar-refractivity contribution in [2.75, 3.05) is 0 Å². The molecule has 0 saturated heterocycles. The molecule has 0 spiro atoms. The molecule has 0 atom stereocenters. The lowest BCUT2D eigenvalue weighted by Gasteiger charge is -2.09. The smallest absolute Gasteiger partial charge is 0.101 e. The molecule has 0 aliphatic carbocycles. The number of hydrogen-bond donors (Lipinski definition) is 0. The fourth-order valence-corrected chi connectivity index (χ4v) is 3.98. The topological polar surface area (TPSA) is 24.7 Å². The summed E-state index contributed by atoms with van der Waals surface area (Å²) in [6, 6.07) is 45.2. The Labute approximate surface area is 212 Å². The number of benzene rings is 5. The molecule has 2 nitrogen and oxygen atoms in total. The van der Waals surface area contributed by atoms with Crippen LogP contribution >= 0.6 is 0 Å². The summed E-state index contributed by atoms with van der Waals surface area (Å²) in [6.45, 7) is 0. The standard InChI is InChI=1S/C34H26N2/c1-4-13-27(14-5-1)23-25-30-19-10-11-22-33(30)35-36-34-31(26-24-28-15-6-2-7-16-28)20-12-21-32(34)29-17-8-3-9-18-29/h1-26H. The molecule has 0 unspecified atom stereocenters. The Morgan fingerprint density at radius 1 is 0.389 bits per heavy atom. The number of azo groups is 1. The average Bonchev–Trinajstić information content (AvgIpc) is 2.96. The van der Waals surface area contributed by atoms with E-state index in [1.165, 1.54) is 0 Å². The van der Waals surface area contributed by atoms with E-state index in [4.69, 9.17) is 10.2 Å². The van der Waals surface area contributed by atoms with Crippen molar-refractivity contribution in [2.45, 2.75) is 0 Å². The lowest BCUT2D eigenvalue weighted by Crippen LogP contribution is -1.83. The zero-order chi connectivity index (χ0) is 24.4. The van der Waals surface area contributed by atoms with Crippen LogP contribution in [0.15, 0.2) is 144 Å². The van der Waals surface area contributed by atoms with Gasteiger partial charge >= 0.3 is 0 Å². The van der Waals surface area contributed by atoms with Crippen LogP contribution in [-0.2, 0) is 0 Å². The van der Waals surface area contributed by atoms with Crippen LogP contribution in [0.4, 0.5) is 11.4 Å². The Balaban J connectivity index is 1.54. The molecule has 0 amide bonds. The van der Waals surface area contributed by atoms with Gasteiger partial charge in [0.15, 0.2) is 0 Å². The summed E-state index contributed by atoms with van der Waals surface area (Å²) in [7, 11) is 0. The quantitative estimate of drug-likeness (QED) is 0.170. The number of hydrogen-bond acceptors (Lipinski definition) is 2. The highest BCUT2D eigenvalue weighted by atomic mass is 15.1. The van der Waals surface area contributed by atoms with Gasteiger partial charge < -0.3 is 0 Å². The van der Waals surface area contributed by atoms with Crippen LogP contribution in [0.1, 0.15) is 22.3 Å². The summed E-state index contributed by atoms with van der Waals surface area (Å²) in [6.07, 6.45) is 8.40. The van der Waals surface area contributed by atoms with Gasteiger partial charge in [-0.2, -0.15) is 0 Å². The van der Waals surface area contributed by atoms with Crippen molar-refractivity contribution in [2.24, 2.45) is 10.2 Å². The van der Waals surface area contributed by atoms with E-state index >= 15 is 0 Å². The maximum atomic E-state index is 4.82. The van der Waals surface area contributed by atoms with Gasteiger partial charge in [-0.25, -0.2) is 0 Å². The van der Waals surface area contributed by atoms with Gasteiger partial charge in [-0.15, -0.1) is 10.2 Å². The maximum Gasteiger partial charge on any atom is 0.101 e. The van der Waals surface area contributed by atoms with Crippen molar-refractivity contribution >= 4 is 35.7 Å². The Morgan fingerprint density at radius 3 is 1.58 bits per heavy atom. The van der Waals surface area contributed by atoms with E-state index in [9.17, 15) is 0 Å². The van der Waals surface area contributed by atoms with E-state index in [0.717, 1.165) is 44.8 Å². The summed E-state index contributed by atoms with van der Waals surface area (Å²) < 4.78 is 0. The molecule has 0 bridgehead atoms. The van der Waals surface area contributed by atoms with Crippen molar-refractivity contribution in [1.82, 2.24) is 0 Å². The highest BCUT2D eigenvalue weighted by Gasteiger charge is 2.09. The monoisotopic (exact) mass is 462 g/mol. The fraction of sp³-hybridized carbons (Fsp3) is 0. The summed E-state index contributed by atoms with van der Waals surface area (Å²) in [4.78, 5) is 0. The molecule has 0 aromatic heterocycles. The van der Waals surface area contributed by atoms with Crippen molar-refractivity contribution < 1.29 is 0 Å². The van der Waals surface area contributed by atoms with E-state index in [1.807, 2.05) is 72.8 Å². The van der Waals surface area contributed by atoms with Gasteiger partial charge in [-0.1, -0.05) is 152 Å². The van der Waals surface area contributed by atoms with Crippen molar-refractivity contribution in [3.8, 4) is 11.1 Å². The van der Waals surface area contributed by atoms with Gasteiger partial charge in [0.1, 0.15) is 5.69 Å². The van der Waals surface area contributed by atoms with Crippen molar-refractivity contribution in [1.29, 1.82) is 0 Å². The summed E-state index contributed by atoms with van der Waals surface area (Å²) >= 11 is 0. The van der Waals surface area contributed by atoms with Gasteiger partial charge in [-0.3, -0.25) is 0 Å². The van der Waals surface area contributed by atoms with Crippen LogP contribution in [0.25, 0.3) is 35.4 Å². The highest BCUT2D eigenvalue weighted by Crippen LogP contribution is 2.36. The molecule has 0 fully saturated rings. The van der Waals surface area contributed by atoms with Crippen molar-refractivity contribution in [3.05, 3.63) is 156 Å². The summed E-state index contributed by atoms with van der Waals surface area (Å²) in [5.74, 6) is 0. The lowest BCUT2D eigenvalue weighted by molar-refractivity contribution is 1.22. The molecule has 5 rings (SSSR count). The third kappa shape index (κ3) is 5.81. The van der Waals surface area contributed by atoms with Gasteiger partial charge in [0, 0.05) is 16.7 Å². The zero-order valence-corrected chi connectivity index (χ0v) is 19.9. The van der Waals surface area contributed by atoms with Gasteiger partial charge in [0.2, 0.25) is 0 Å². The first-order chi connectivity index (χ1) is 17.9. The van der Waals surface area contributed by atoms with Crippen LogP contribution in [-0.4, -0.2) is 0 Å². The third-order valence-electron chi connectivity index (χ3n) is 5.86. The van der Waals surface area contributed by atoms with E-state index in [1.54, 1.807) is 0 Å². The van der Waals surface area contributed by atoms with Crippen LogP contribution in [0, 0.1) is 0 Å². The van der Waals surface area contributed by atoms with E-state index in [0.29, 0.717) is 0 Å². The predicted molar refractivity (Wildman–Crippen MR) is 153 cm³/mol. The van der Waals surface area contributed by atoms with E-state index < -0.39 is 0 Å². The minimum absolute atomic E-state index is 0.825. The molecule has 0 saturated carbocycles. The molecule has 36 heavy (non-hydrogen) atoms. The Hall–Kier alpha value is -4.82. The van der Waals surface area contributed by atoms with Gasteiger partial charge in [0.05, 0.1) is 5.69 Å². The number of nitrogens with zero attached hydrogens (tertiary/aromatic N) is 2. The lowest BCUT2D eigenvalue weighted by atomic mass is 9.99. The summed E-state index contributed by atoms with van der Waals surface area (Å²) in [5.41, 5.74) is 8.15. The normalized spacial score (nSPS) is 11.6. The second kappa shape index (κ2) is 11.5. The molecule has 5 aromatic carbocycles. The largest absolute Gasteiger partial charge is 0.150 e. The van der Waals surface area contributed by atoms with E-state index in [-0.39, 0.29) is 0 Å². The predicted octanol–water partition coefficient (Wildman–Crippen LogP) is 10.1. The minimum Gasteiger partial charge on any atom is -0.150 e. The van der Waals surface area contributed by atoms with E-state index in [2.05, 4.69) is 85.0 Å². The van der Waals surface area contributed by atoms with Crippen molar-refractivity contribution in [3.63, 3.8) is 0 Å². The Bertz CT molecular complexity index is 1500. The fourth-order valence-electron chi connectivity index (χ4n) is 3.98. The first-order valence-corrected chi connectivity index (χ1v) is 12.0. The SMILES string of the molecule is C(=Cc1ccccc1N=Nc1c(C=Cc2ccccc2)cccc1-c1ccccc1)c1ccccc1. The first-order valence-electron chi connectivity index (χ1n) is 12.0. The van der Waals surface area contributed by atoms with Gasteiger partial charge in [0.25, 0.3) is 0 Å². The Kier molecular flexibility index (Phi) is 7.36. The molecule has 172 valence electrons. The van der Waals surface area contributed by atoms with Crippen LogP contribution < -0.4 is 0 Å². The number of rotatable bonds is 7. The molecule has 0 radical (unpaired) electrons. The zero-order valence-electron chi connectivity index (χ0n) is 19.9.